The standard InChI is InChI=1S/C9H12O3S.Na.H/c1-7-3-8(2)5-9(4-7)6-13(10,11)12;;/h3-5H,6H2,1-2H3,(H,10,11,12);;. The van der Waals surface area contributed by atoms with Crippen LogP contribution in [0.15, 0.2) is 18.2 Å². The molecule has 1 aromatic carbocycles. The van der Waals surface area contributed by atoms with Gasteiger partial charge in [-0.05, 0) is 19.4 Å². The Hall–Kier alpha value is 0.130. The van der Waals surface area contributed by atoms with E-state index in [1.165, 1.54) is 0 Å². The third-order valence-electron chi connectivity index (χ3n) is 1.63. The van der Waals surface area contributed by atoms with E-state index in [0.717, 1.165) is 11.1 Å². The Morgan fingerprint density at radius 1 is 1.14 bits per heavy atom. The molecule has 0 heterocycles. The van der Waals surface area contributed by atoms with Gasteiger partial charge in [-0.1, -0.05) is 29.3 Å². The first kappa shape index (κ1) is 14.1. The first-order chi connectivity index (χ1) is 5.87. The fraction of sp³-hybridized carbons (Fsp3) is 0.333. The van der Waals surface area contributed by atoms with Crippen LogP contribution in [0.3, 0.4) is 0 Å². The van der Waals surface area contributed by atoms with Crippen molar-refractivity contribution in [2.24, 2.45) is 0 Å². The molecule has 0 unspecified atom stereocenters. The molecule has 0 saturated carbocycles. The summed E-state index contributed by atoms with van der Waals surface area (Å²) in [7, 11) is -3.91. The normalized spacial score (nSPS) is 10.8. The van der Waals surface area contributed by atoms with E-state index in [9.17, 15) is 8.42 Å². The number of aryl methyl sites for hydroxylation is 2. The summed E-state index contributed by atoms with van der Waals surface area (Å²) < 4.78 is 29.8. The molecule has 0 fully saturated rings. The van der Waals surface area contributed by atoms with E-state index in [0.29, 0.717) is 5.56 Å². The molecule has 0 bridgehead atoms. The van der Waals surface area contributed by atoms with E-state index in [1.807, 2.05) is 19.9 Å². The van der Waals surface area contributed by atoms with Crippen LogP contribution in [0.5, 0.6) is 0 Å². The second kappa shape index (κ2) is 5.28. The van der Waals surface area contributed by atoms with Crippen molar-refractivity contribution in [3.8, 4) is 0 Å². The number of rotatable bonds is 2. The molecule has 0 aromatic heterocycles. The fourth-order valence-electron chi connectivity index (χ4n) is 1.36. The van der Waals surface area contributed by atoms with Gasteiger partial charge in [0.15, 0.2) is 0 Å². The molecule has 5 heteroatoms. The maximum absolute atomic E-state index is 10.6. The minimum atomic E-state index is -3.91. The molecule has 0 radical (unpaired) electrons. The number of hydrogen-bond acceptors (Lipinski definition) is 2. The molecule has 74 valence electrons. The SMILES string of the molecule is Cc1cc(C)cc(CS(=O)(=O)O)c1.[NaH]. The third-order valence-corrected chi connectivity index (χ3v) is 2.33. The van der Waals surface area contributed by atoms with E-state index < -0.39 is 10.1 Å². The molecular formula is C9H13NaO3S. The second-order valence-corrected chi connectivity index (χ2v) is 4.67. The van der Waals surface area contributed by atoms with Gasteiger partial charge in [0.1, 0.15) is 5.75 Å². The molecule has 1 N–H and O–H groups in total. The van der Waals surface area contributed by atoms with E-state index in [4.69, 9.17) is 4.55 Å². The van der Waals surface area contributed by atoms with Crippen LogP contribution >= 0.6 is 0 Å². The summed E-state index contributed by atoms with van der Waals surface area (Å²) in [6, 6.07) is 5.45. The molecule has 0 atom stereocenters. The van der Waals surface area contributed by atoms with Crippen LogP contribution in [0, 0.1) is 13.8 Å². The van der Waals surface area contributed by atoms with Gasteiger partial charge in [0, 0.05) is 0 Å². The first-order valence-corrected chi connectivity index (χ1v) is 5.50. The molecule has 1 rings (SSSR count). The molecule has 0 aliphatic heterocycles. The van der Waals surface area contributed by atoms with Crippen molar-refractivity contribution in [2.75, 3.05) is 0 Å². The van der Waals surface area contributed by atoms with Gasteiger partial charge in [-0.15, -0.1) is 0 Å². The van der Waals surface area contributed by atoms with Crippen molar-refractivity contribution < 1.29 is 13.0 Å². The number of benzene rings is 1. The van der Waals surface area contributed by atoms with Gasteiger partial charge in [-0.3, -0.25) is 4.55 Å². The van der Waals surface area contributed by atoms with Gasteiger partial charge in [0.2, 0.25) is 0 Å². The Morgan fingerprint density at radius 2 is 1.57 bits per heavy atom. The minimum absolute atomic E-state index is 0. The third kappa shape index (κ3) is 5.12. The Bertz CT molecular complexity index is 392. The van der Waals surface area contributed by atoms with Crippen molar-refractivity contribution in [1.29, 1.82) is 0 Å². The van der Waals surface area contributed by atoms with E-state index in [1.54, 1.807) is 12.1 Å². The first-order valence-electron chi connectivity index (χ1n) is 3.89. The van der Waals surface area contributed by atoms with Crippen LogP contribution < -0.4 is 0 Å². The predicted octanol–water partition coefficient (Wildman–Crippen LogP) is 1.04. The van der Waals surface area contributed by atoms with Crippen LogP contribution in [-0.2, 0) is 15.9 Å². The topological polar surface area (TPSA) is 54.4 Å². The predicted molar refractivity (Wildman–Crippen MR) is 58.3 cm³/mol. The molecule has 0 saturated heterocycles. The zero-order valence-corrected chi connectivity index (χ0v) is 8.43. The molecule has 0 aliphatic carbocycles. The van der Waals surface area contributed by atoms with Crippen LogP contribution in [0.2, 0.25) is 0 Å². The zero-order chi connectivity index (χ0) is 10.1. The molecule has 1 aromatic rings. The Labute approximate surface area is 107 Å². The van der Waals surface area contributed by atoms with Gasteiger partial charge in [0.25, 0.3) is 10.1 Å². The van der Waals surface area contributed by atoms with Crippen molar-refractivity contribution in [2.45, 2.75) is 19.6 Å². The average Bonchev–Trinajstić information content (AvgIpc) is 1.78. The van der Waals surface area contributed by atoms with Crippen LogP contribution in [-0.4, -0.2) is 42.5 Å². The molecular weight excluding hydrogens is 211 g/mol. The van der Waals surface area contributed by atoms with Crippen LogP contribution in [0.25, 0.3) is 0 Å². The van der Waals surface area contributed by atoms with Gasteiger partial charge < -0.3 is 0 Å². The molecule has 3 nitrogen and oxygen atoms in total. The second-order valence-electron chi connectivity index (χ2n) is 3.22. The van der Waals surface area contributed by atoms with Crippen molar-refractivity contribution in [3.63, 3.8) is 0 Å². The molecule has 0 spiro atoms. The molecule has 0 aliphatic rings. The van der Waals surface area contributed by atoms with Gasteiger partial charge >= 0.3 is 29.6 Å². The summed E-state index contributed by atoms with van der Waals surface area (Å²) in [6.45, 7) is 3.78. The molecule has 0 amide bonds. The van der Waals surface area contributed by atoms with Gasteiger partial charge in [0.05, 0.1) is 0 Å². The monoisotopic (exact) mass is 224 g/mol. The van der Waals surface area contributed by atoms with Gasteiger partial charge in [-0.25, -0.2) is 0 Å². The fourth-order valence-corrected chi connectivity index (χ4v) is 1.95. The Kier molecular flexibility index (Phi) is 5.33. The maximum atomic E-state index is 10.6. The summed E-state index contributed by atoms with van der Waals surface area (Å²) >= 11 is 0. The van der Waals surface area contributed by atoms with Crippen LogP contribution in [0.1, 0.15) is 16.7 Å². The van der Waals surface area contributed by atoms with E-state index in [-0.39, 0.29) is 35.3 Å². The van der Waals surface area contributed by atoms with Crippen LogP contribution in [0.4, 0.5) is 0 Å². The quantitative estimate of drug-likeness (QED) is 0.603. The van der Waals surface area contributed by atoms with Crippen molar-refractivity contribution in [3.05, 3.63) is 34.9 Å². The summed E-state index contributed by atoms with van der Waals surface area (Å²) in [5.41, 5.74) is 2.62. The van der Waals surface area contributed by atoms with E-state index >= 15 is 0 Å². The van der Waals surface area contributed by atoms with Gasteiger partial charge in [-0.2, -0.15) is 8.42 Å². The molecule has 14 heavy (non-hydrogen) atoms. The summed E-state index contributed by atoms with van der Waals surface area (Å²) in [5, 5.41) is 0. The summed E-state index contributed by atoms with van der Waals surface area (Å²) in [5.74, 6) is -0.310. The Balaban J connectivity index is 0.00000169. The van der Waals surface area contributed by atoms with Crippen molar-refractivity contribution >= 4 is 39.7 Å². The average molecular weight is 224 g/mol. The summed E-state index contributed by atoms with van der Waals surface area (Å²) in [6.07, 6.45) is 0. The Morgan fingerprint density at radius 3 is 1.93 bits per heavy atom. The summed E-state index contributed by atoms with van der Waals surface area (Å²) in [4.78, 5) is 0. The van der Waals surface area contributed by atoms with E-state index in [2.05, 4.69) is 0 Å². The van der Waals surface area contributed by atoms with Crippen molar-refractivity contribution in [1.82, 2.24) is 0 Å². The number of hydrogen-bond donors (Lipinski definition) is 1. The zero-order valence-electron chi connectivity index (χ0n) is 7.61.